The van der Waals surface area contributed by atoms with Crippen molar-refractivity contribution in [1.29, 1.82) is 0 Å². The van der Waals surface area contributed by atoms with Crippen LogP contribution >= 0.6 is 19.2 Å². The van der Waals surface area contributed by atoms with Crippen LogP contribution in [0.4, 0.5) is 0 Å². The monoisotopic (exact) mass is 483 g/mol. The molecule has 1 N–H and O–H groups in total. The van der Waals surface area contributed by atoms with E-state index in [1.807, 2.05) is 6.92 Å². The molecule has 3 rings (SSSR count). The number of Topliss-reactive ketones (excluding diaryl/α,β-unsaturated/α-hetero) is 1. The van der Waals surface area contributed by atoms with Crippen molar-refractivity contribution in [2.45, 2.75) is 30.9 Å². The average molecular weight is 484 g/mol. The van der Waals surface area contributed by atoms with Gasteiger partial charge in [-0.3, -0.25) is 9.36 Å². The Bertz CT molecular complexity index is 1170. The van der Waals surface area contributed by atoms with Crippen molar-refractivity contribution < 1.29 is 26.8 Å². The number of ketones is 1. The van der Waals surface area contributed by atoms with Gasteiger partial charge in [0, 0.05) is 11.1 Å². The van der Waals surface area contributed by atoms with E-state index in [0.29, 0.717) is 0 Å². The Labute approximate surface area is 187 Å². The smallest absolute Gasteiger partial charge is 0.307 e. The molecule has 1 aliphatic carbocycles. The quantitative estimate of drug-likeness (QED) is 0.546. The van der Waals surface area contributed by atoms with Gasteiger partial charge in [-0.2, -0.15) is 4.72 Å². The highest BCUT2D eigenvalue weighted by molar-refractivity contribution is 7.90. The van der Waals surface area contributed by atoms with E-state index in [1.165, 1.54) is 24.3 Å². The lowest BCUT2D eigenvalue weighted by Gasteiger charge is -2.40. The summed E-state index contributed by atoms with van der Waals surface area (Å²) in [7, 11) is -8.49. The van der Waals surface area contributed by atoms with Gasteiger partial charge in [-0.1, -0.05) is 53.6 Å². The number of sulfonamides is 1. The molecule has 10 heteroatoms. The molecule has 0 fully saturated rings. The molecular weight excluding hydrogens is 461 g/mol. The van der Waals surface area contributed by atoms with Crippen LogP contribution in [0.3, 0.4) is 0 Å². The van der Waals surface area contributed by atoms with E-state index in [-0.39, 0.29) is 34.3 Å². The second-order valence-electron chi connectivity index (χ2n) is 6.88. The molecule has 7 nitrogen and oxygen atoms in total. The number of hydrogen-bond donors (Lipinski definition) is 1. The summed E-state index contributed by atoms with van der Waals surface area (Å²) in [4.78, 5) is 12.6. The van der Waals surface area contributed by atoms with Gasteiger partial charge >= 0.3 is 7.60 Å². The second-order valence-corrected chi connectivity index (χ2v) is 11.2. The number of rotatable bonds is 8. The molecule has 0 amide bonds. The minimum atomic E-state index is -4.25. The topological polar surface area (TPSA) is 98.8 Å². The molecule has 1 aliphatic rings. The Balaban J connectivity index is 2.32. The fourth-order valence-corrected chi connectivity index (χ4v) is 7.68. The standard InChI is InChI=1S/C21H23ClNO6PS/c1-4-28-30(25,29-5-2)21(23-31(26,27)16-12-10-15(3)11-13-16)14-19(22)20(24)17-8-6-7-9-18(17)21/h6-14,23H,4-5H2,1-3H3. The van der Waals surface area contributed by atoms with Gasteiger partial charge in [0.15, 0.2) is 5.28 Å². The number of fused-ring (bicyclic) bond motifs is 1. The number of hydrogen-bond acceptors (Lipinski definition) is 6. The van der Waals surface area contributed by atoms with Crippen molar-refractivity contribution in [3.05, 3.63) is 76.3 Å². The molecule has 0 saturated carbocycles. The summed E-state index contributed by atoms with van der Waals surface area (Å²) < 4.78 is 54.4. The van der Waals surface area contributed by atoms with Crippen LogP contribution in [0.5, 0.6) is 0 Å². The predicted molar refractivity (Wildman–Crippen MR) is 119 cm³/mol. The molecule has 2 aromatic carbocycles. The molecular formula is C21H23ClNO6PS. The third-order valence-electron chi connectivity index (χ3n) is 4.79. The summed E-state index contributed by atoms with van der Waals surface area (Å²) >= 11 is 6.23. The Hall–Kier alpha value is -1.80. The van der Waals surface area contributed by atoms with Crippen LogP contribution in [0.15, 0.2) is 64.5 Å². The van der Waals surface area contributed by atoms with E-state index in [4.69, 9.17) is 20.6 Å². The Morgan fingerprint density at radius 1 is 1.03 bits per heavy atom. The van der Waals surface area contributed by atoms with E-state index in [1.54, 1.807) is 38.1 Å². The number of carbonyl (C=O) groups is 1. The van der Waals surface area contributed by atoms with Crippen LogP contribution in [-0.4, -0.2) is 27.4 Å². The predicted octanol–water partition coefficient (Wildman–Crippen LogP) is 4.71. The maximum absolute atomic E-state index is 14.1. The Morgan fingerprint density at radius 2 is 1.61 bits per heavy atom. The molecule has 31 heavy (non-hydrogen) atoms. The number of allylic oxidation sites excluding steroid dienone is 1. The molecule has 166 valence electrons. The zero-order valence-corrected chi connectivity index (χ0v) is 19.8. The van der Waals surface area contributed by atoms with Gasteiger partial charge in [0.1, 0.15) is 0 Å². The summed E-state index contributed by atoms with van der Waals surface area (Å²) in [5.74, 6) is -0.512. The normalized spacial score (nSPS) is 19.1. The van der Waals surface area contributed by atoms with Crippen molar-refractivity contribution >= 4 is 35.0 Å². The number of carbonyl (C=O) groups excluding carboxylic acids is 1. The lowest BCUT2D eigenvalue weighted by atomic mass is 9.92. The zero-order chi connectivity index (χ0) is 22.9. The highest BCUT2D eigenvalue weighted by Crippen LogP contribution is 2.66. The molecule has 0 aliphatic heterocycles. The molecule has 0 saturated heterocycles. The molecule has 0 bridgehead atoms. The van der Waals surface area contributed by atoms with E-state index < -0.39 is 28.7 Å². The van der Waals surface area contributed by atoms with Crippen molar-refractivity contribution in [1.82, 2.24) is 4.72 Å². The number of benzene rings is 2. The first-order valence-electron chi connectivity index (χ1n) is 9.62. The van der Waals surface area contributed by atoms with Crippen molar-refractivity contribution in [3.8, 4) is 0 Å². The van der Waals surface area contributed by atoms with E-state index in [9.17, 15) is 17.8 Å². The lowest BCUT2D eigenvalue weighted by Crippen LogP contribution is -2.47. The molecule has 1 unspecified atom stereocenters. The maximum Gasteiger partial charge on any atom is 0.360 e. The fraction of sp³-hybridized carbons (Fsp3) is 0.286. The minimum Gasteiger partial charge on any atom is -0.307 e. The van der Waals surface area contributed by atoms with E-state index in [2.05, 4.69) is 4.72 Å². The van der Waals surface area contributed by atoms with Crippen LogP contribution in [0.1, 0.15) is 35.3 Å². The molecule has 0 radical (unpaired) electrons. The third kappa shape index (κ3) is 4.29. The summed E-state index contributed by atoms with van der Waals surface area (Å²) in [5.41, 5.74) is 1.13. The lowest BCUT2D eigenvalue weighted by molar-refractivity contribution is 0.103. The van der Waals surface area contributed by atoms with Gasteiger partial charge in [0.25, 0.3) is 0 Å². The molecule has 1 atom stereocenters. The van der Waals surface area contributed by atoms with Gasteiger partial charge < -0.3 is 9.05 Å². The Kier molecular flexibility index (Phi) is 6.91. The first-order valence-corrected chi connectivity index (χ1v) is 13.0. The maximum atomic E-state index is 14.1. The SMILES string of the molecule is CCOP(=O)(OCC)C1(NS(=O)(=O)c2ccc(C)cc2)C=C(Cl)C(=O)c2ccccc21. The van der Waals surface area contributed by atoms with Crippen LogP contribution < -0.4 is 4.72 Å². The largest absolute Gasteiger partial charge is 0.360 e. The second kappa shape index (κ2) is 8.98. The molecule has 0 heterocycles. The van der Waals surface area contributed by atoms with E-state index >= 15 is 0 Å². The van der Waals surface area contributed by atoms with Gasteiger partial charge in [-0.25, -0.2) is 8.42 Å². The fourth-order valence-electron chi connectivity index (χ4n) is 3.40. The molecule has 0 spiro atoms. The summed E-state index contributed by atoms with van der Waals surface area (Å²) in [6.07, 6.45) is 1.12. The van der Waals surface area contributed by atoms with Gasteiger partial charge in [-0.05, 0) is 39.0 Å². The van der Waals surface area contributed by atoms with Crippen molar-refractivity contribution in [2.24, 2.45) is 0 Å². The summed E-state index contributed by atoms with van der Waals surface area (Å²) in [5, 5.41) is -2.32. The van der Waals surface area contributed by atoms with E-state index in [0.717, 1.165) is 11.6 Å². The number of aryl methyl sites for hydroxylation is 1. The molecule has 2 aromatic rings. The van der Waals surface area contributed by atoms with Crippen LogP contribution in [0.2, 0.25) is 0 Å². The van der Waals surface area contributed by atoms with Gasteiger partial charge in [0.05, 0.1) is 23.1 Å². The first-order chi connectivity index (χ1) is 14.6. The van der Waals surface area contributed by atoms with Crippen LogP contribution in [-0.2, 0) is 28.9 Å². The highest BCUT2D eigenvalue weighted by atomic mass is 35.5. The number of halogens is 1. The Morgan fingerprint density at radius 3 is 2.19 bits per heavy atom. The first kappa shape index (κ1) is 23.9. The van der Waals surface area contributed by atoms with Crippen LogP contribution in [0.25, 0.3) is 0 Å². The highest BCUT2D eigenvalue weighted by Gasteiger charge is 2.57. The number of nitrogens with one attached hydrogen (secondary N) is 1. The summed E-state index contributed by atoms with van der Waals surface area (Å²) in [6, 6.07) is 12.4. The minimum absolute atomic E-state index is 0.0210. The zero-order valence-electron chi connectivity index (χ0n) is 17.3. The van der Waals surface area contributed by atoms with Crippen molar-refractivity contribution in [2.75, 3.05) is 13.2 Å². The summed E-state index contributed by atoms with van der Waals surface area (Å²) in [6.45, 7) is 5.01. The van der Waals surface area contributed by atoms with Crippen LogP contribution in [0, 0.1) is 6.92 Å². The molecule has 0 aromatic heterocycles. The van der Waals surface area contributed by atoms with Crippen molar-refractivity contribution in [3.63, 3.8) is 0 Å². The average Bonchev–Trinajstić information content (AvgIpc) is 2.72. The van der Waals surface area contributed by atoms with Gasteiger partial charge in [0.2, 0.25) is 15.8 Å². The third-order valence-corrected chi connectivity index (χ3v) is 9.24. The van der Waals surface area contributed by atoms with Gasteiger partial charge in [-0.15, -0.1) is 0 Å².